The highest BCUT2D eigenvalue weighted by Gasteiger charge is 2.33. The van der Waals surface area contributed by atoms with Crippen molar-refractivity contribution in [1.82, 2.24) is 4.57 Å². The Balaban J connectivity index is 1.63. The summed E-state index contributed by atoms with van der Waals surface area (Å²) in [5.74, 6) is 0.700. The molecule has 0 saturated carbocycles. The largest absolute Gasteiger partial charge is 0.463 e. The number of thiazole rings is 1. The van der Waals surface area contributed by atoms with Crippen LogP contribution in [0.3, 0.4) is 0 Å². The number of rotatable bonds is 5. The number of halogens is 1. The highest BCUT2D eigenvalue weighted by atomic mass is 35.5. The number of furan rings is 1. The average molecular weight is 505 g/mol. The predicted molar refractivity (Wildman–Crippen MR) is 136 cm³/mol. The van der Waals surface area contributed by atoms with E-state index in [1.165, 1.54) is 11.3 Å². The van der Waals surface area contributed by atoms with Gasteiger partial charge in [0.1, 0.15) is 11.5 Å². The summed E-state index contributed by atoms with van der Waals surface area (Å²) in [4.78, 5) is 31.6. The third-order valence-electron chi connectivity index (χ3n) is 5.64. The summed E-state index contributed by atoms with van der Waals surface area (Å²) >= 11 is 7.36. The van der Waals surface area contributed by atoms with Crippen LogP contribution in [0, 0.1) is 0 Å². The number of fused-ring (bicyclic) bond motifs is 1. The fourth-order valence-corrected chi connectivity index (χ4v) is 5.32. The number of hydrogen-bond acceptors (Lipinski definition) is 6. The fraction of sp³-hybridized carbons (Fsp3) is 0.148. The maximum atomic E-state index is 13.6. The van der Waals surface area contributed by atoms with Gasteiger partial charge in [-0.25, -0.2) is 9.79 Å². The van der Waals surface area contributed by atoms with Crippen LogP contribution in [-0.4, -0.2) is 17.1 Å². The quantitative estimate of drug-likeness (QED) is 0.369. The molecular formula is C27H21ClN2O4S. The van der Waals surface area contributed by atoms with Gasteiger partial charge in [0.05, 0.1) is 28.5 Å². The Morgan fingerprint density at radius 1 is 1.17 bits per heavy atom. The van der Waals surface area contributed by atoms with E-state index in [2.05, 4.69) is 4.99 Å². The van der Waals surface area contributed by atoms with Crippen LogP contribution < -0.4 is 14.9 Å². The van der Waals surface area contributed by atoms with Crippen molar-refractivity contribution in [3.63, 3.8) is 0 Å². The summed E-state index contributed by atoms with van der Waals surface area (Å²) in [6.07, 6.45) is 1.70. The van der Waals surface area contributed by atoms with Gasteiger partial charge in [-0.1, -0.05) is 65.4 Å². The molecule has 4 aromatic rings. The molecule has 0 fully saturated rings. The zero-order valence-electron chi connectivity index (χ0n) is 19.0. The third kappa shape index (κ3) is 4.40. The number of carbonyl (C=O) groups is 1. The van der Waals surface area contributed by atoms with Gasteiger partial charge in [0, 0.05) is 16.7 Å². The molecule has 0 aliphatic carbocycles. The van der Waals surface area contributed by atoms with E-state index in [0.29, 0.717) is 37.1 Å². The average Bonchev–Trinajstić information content (AvgIpc) is 3.43. The van der Waals surface area contributed by atoms with Crippen LogP contribution in [0.1, 0.15) is 31.2 Å². The molecule has 1 aliphatic rings. The molecule has 0 unspecified atom stereocenters. The van der Waals surface area contributed by atoms with Gasteiger partial charge in [-0.2, -0.15) is 0 Å². The normalized spacial score (nSPS) is 15.6. The van der Waals surface area contributed by atoms with Gasteiger partial charge >= 0.3 is 5.97 Å². The minimum atomic E-state index is -0.632. The first kappa shape index (κ1) is 23.1. The Morgan fingerprint density at radius 2 is 1.97 bits per heavy atom. The number of nitrogens with zero attached hydrogens (tertiary/aromatic N) is 2. The second kappa shape index (κ2) is 9.52. The molecule has 3 heterocycles. The van der Waals surface area contributed by atoms with Crippen molar-refractivity contribution in [3.05, 3.63) is 114 Å². The number of ether oxygens (including phenoxy) is 1. The molecule has 2 aromatic carbocycles. The maximum Gasteiger partial charge on any atom is 0.338 e. The van der Waals surface area contributed by atoms with Crippen LogP contribution in [-0.2, 0) is 9.53 Å². The summed E-state index contributed by atoms with van der Waals surface area (Å²) in [5, 5.41) is 0.613. The minimum Gasteiger partial charge on any atom is -0.463 e. The fourth-order valence-electron chi connectivity index (χ4n) is 4.10. The lowest BCUT2D eigenvalue weighted by Gasteiger charge is -2.24. The zero-order chi connectivity index (χ0) is 24.5. The van der Waals surface area contributed by atoms with E-state index in [4.69, 9.17) is 20.8 Å². The molecule has 8 heteroatoms. The monoisotopic (exact) mass is 504 g/mol. The van der Waals surface area contributed by atoms with Crippen LogP contribution >= 0.6 is 22.9 Å². The molecular weight excluding hydrogens is 484 g/mol. The molecule has 1 atom stereocenters. The van der Waals surface area contributed by atoms with E-state index in [0.717, 1.165) is 11.1 Å². The molecule has 0 amide bonds. The van der Waals surface area contributed by atoms with Gasteiger partial charge in [-0.3, -0.25) is 9.36 Å². The second-order valence-electron chi connectivity index (χ2n) is 7.93. The molecule has 0 bridgehead atoms. The Morgan fingerprint density at radius 3 is 2.71 bits per heavy atom. The molecule has 35 heavy (non-hydrogen) atoms. The highest BCUT2D eigenvalue weighted by molar-refractivity contribution is 7.07. The van der Waals surface area contributed by atoms with Crippen molar-refractivity contribution < 1.29 is 13.9 Å². The van der Waals surface area contributed by atoms with Gasteiger partial charge in [-0.05, 0) is 43.7 Å². The number of benzene rings is 2. The first-order valence-corrected chi connectivity index (χ1v) is 12.3. The Labute approximate surface area is 210 Å². The number of aromatic nitrogens is 1. The smallest absolute Gasteiger partial charge is 0.338 e. The van der Waals surface area contributed by atoms with Gasteiger partial charge in [0.25, 0.3) is 5.56 Å². The molecule has 6 nitrogen and oxygen atoms in total. The molecule has 5 rings (SSSR count). The van der Waals surface area contributed by atoms with Crippen LogP contribution in [0.2, 0.25) is 5.02 Å². The lowest BCUT2D eigenvalue weighted by atomic mass is 9.96. The van der Waals surface area contributed by atoms with E-state index < -0.39 is 12.0 Å². The Kier molecular flexibility index (Phi) is 6.28. The molecule has 1 aliphatic heterocycles. The lowest BCUT2D eigenvalue weighted by Crippen LogP contribution is -2.39. The molecule has 176 valence electrons. The van der Waals surface area contributed by atoms with Crippen molar-refractivity contribution in [2.24, 2.45) is 4.99 Å². The molecule has 0 radical (unpaired) electrons. The summed E-state index contributed by atoms with van der Waals surface area (Å²) < 4.78 is 13.3. The standard InChI is InChI=1S/C27H21ClN2O4S/c1-3-33-26(32)23-16(2)29-27-30(24(23)17-8-5-4-6-9-17)25(31)22(35-27)15-20-12-13-21(34-20)18-10-7-11-19(28)14-18/h4-15,24H,3H2,1-2H3/t24-/m1/s1. The van der Waals surface area contributed by atoms with Crippen molar-refractivity contribution in [1.29, 1.82) is 0 Å². The van der Waals surface area contributed by atoms with Crippen molar-refractivity contribution >= 4 is 35.0 Å². The number of allylic oxidation sites excluding steroid dienone is 1. The molecule has 0 saturated heterocycles. The first-order chi connectivity index (χ1) is 17.0. The van der Waals surface area contributed by atoms with Gasteiger partial charge in [0.2, 0.25) is 0 Å². The van der Waals surface area contributed by atoms with E-state index in [-0.39, 0.29) is 12.2 Å². The van der Waals surface area contributed by atoms with Gasteiger partial charge in [-0.15, -0.1) is 0 Å². The summed E-state index contributed by atoms with van der Waals surface area (Å²) in [7, 11) is 0. The van der Waals surface area contributed by atoms with Gasteiger partial charge < -0.3 is 9.15 Å². The van der Waals surface area contributed by atoms with Crippen LogP contribution in [0.15, 0.2) is 92.2 Å². The summed E-state index contributed by atoms with van der Waals surface area (Å²) in [6.45, 7) is 3.75. The van der Waals surface area contributed by atoms with E-state index in [1.54, 1.807) is 36.6 Å². The van der Waals surface area contributed by atoms with Crippen molar-refractivity contribution in [2.45, 2.75) is 19.9 Å². The molecule has 2 aromatic heterocycles. The second-order valence-corrected chi connectivity index (χ2v) is 9.37. The predicted octanol–water partition coefficient (Wildman–Crippen LogP) is 4.71. The van der Waals surface area contributed by atoms with Crippen LogP contribution in [0.5, 0.6) is 0 Å². The molecule has 0 spiro atoms. The van der Waals surface area contributed by atoms with Crippen molar-refractivity contribution in [2.75, 3.05) is 6.61 Å². The molecule has 0 N–H and O–H groups in total. The number of carbonyl (C=O) groups excluding carboxylic acids is 1. The maximum absolute atomic E-state index is 13.6. The zero-order valence-corrected chi connectivity index (χ0v) is 20.6. The van der Waals surface area contributed by atoms with Crippen LogP contribution in [0.4, 0.5) is 0 Å². The number of hydrogen-bond donors (Lipinski definition) is 0. The Bertz CT molecular complexity index is 1630. The SMILES string of the molecule is CCOC(=O)C1=C(C)N=c2sc(=Cc3ccc(-c4cccc(Cl)c4)o3)c(=O)n2[C@@H]1c1ccccc1. The van der Waals surface area contributed by atoms with Gasteiger partial charge in [0.15, 0.2) is 4.80 Å². The van der Waals surface area contributed by atoms with Crippen LogP contribution in [0.25, 0.3) is 17.4 Å². The van der Waals surface area contributed by atoms with E-state index in [1.807, 2.05) is 54.6 Å². The van der Waals surface area contributed by atoms with E-state index >= 15 is 0 Å². The summed E-state index contributed by atoms with van der Waals surface area (Å²) in [5.41, 5.74) is 2.29. The Hall–Kier alpha value is -3.68. The minimum absolute atomic E-state index is 0.231. The lowest BCUT2D eigenvalue weighted by molar-refractivity contribution is -0.139. The van der Waals surface area contributed by atoms with E-state index in [9.17, 15) is 9.59 Å². The van der Waals surface area contributed by atoms with Crippen molar-refractivity contribution in [3.8, 4) is 11.3 Å². The number of esters is 1. The first-order valence-electron chi connectivity index (χ1n) is 11.1. The topological polar surface area (TPSA) is 73.8 Å². The summed E-state index contributed by atoms with van der Waals surface area (Å²) in [6, 6.07) is 19.8. The highest BCUT2D eigenvalue weighted by Crippen LogP contribution is 2.30. The third-order valence-corrected chi connectivity index (χ3v) is 6.86.